The van der Waals surface area contributed by atoms with Gasteiger partial charge in [0.15, 0.2) is 0 Å². The minimum Gasteiger partial charge on any atom is -0.352 e. The second kappa shape index (κ2) is 3.26. The number of nitrogens with one attached hydrogen (secondary N) is 1. The number of amides is 2. The second-order valence-electron chi connectivity index (χ2n) is 4.39. The number of rotatable bonds is 1. The number of fused-ring (bicyclic) bond motifs is 2. The van der Waals surface area contributed by atoms with Crippen LogP contribution in [0.3, 0.4) is 0 Å². The molecule has 0 saturated carbocycles. The topological polar surface area (TPSA) is 49.4 Å². The van der Waals surface area contributed by atoms with Crippen LogP contribution in [0.25, 0.3) is 0 Å². The maximum atomic E-state index is 11.9. The van der Waals surface area contributed by atoms with Crippen molar-refractivity contribution in [3.63, 3.8) is 0 Å². The van der Waals surface area contributed by atoms with E-state index in [2.05, 4.69) is 5.32 Å². The summed E-state index contributed by atoms with van der Waals surface area (Å²) in [6.45, 7) is 4.40. The van der Waals surface area contributed by atoms with Gasteiger partial charge in [0.2, 0.25) is 11.8 Å². The average Bonchev–Trinajstić information content (AvgIpc) is 2.47. The van der Waals surface area contributed by atoms with E-state index in [9.17, 15) is 9.59 Å². The van der Waals surface area contributed by atoms with E-state index in [0.29, 0.717) is 6.54 Å². The Morgan fingerprint density at radius 2 is 2.21 bits per heavy atom. The number of carbonyl (C=O) groups is 2. The molecule has 2 heterocycles. The van der Waals surface area contributed by atoms with Gasteiger partial charge >= 0.3 is 0 Å². The molecule has 4 nitrogen and oxygen atoms in total. The molecular weight excluding hydrogens is 180 g/mol. The van der Waals surface area contributed by atoms with Crippen molar-refractivity contribution in [2.45, 2.75) is 38.8 Å². The molecule has 2 atom stereocenters. The van der Waals surface area contributed by atoms with E-state index in [0.717, 1.165) is 12.8 Å². The summed E-state index contributed by atoms with van der Waals surface area (Å²) in [5, 5.41) is 2.83. The molecule has 2 unspecified atom stereocenters. The van der Waals surface area contributed by atoms with Crippen LogP contribution in [0.4, 0.5) is 0 Å². The predicted molar refractivity (Wildman–Crippen MR) is 51.5 cm³/mol. The molecule has 2 rings (SSSR count). The molecule has 0 spiro atoms. The van der Waals surface area contributed by atoms with Gasteiger partial charge in [0.25, 0.3) is 0 Å². The minimum atomic E-state index is -0.191. The Labute approximate surface area is 83.6 Å². The SMILES string of the molecule is CC(C)C(=O)N1C2CCC1C(=O)NC2. The van der Waals surface area contributed by atoms with Crippen molar-refractivity contribution in [1.29, 1.82) is 0 Å². The van der Waals surface area contributed by atoms with Crippen molar-refractivity contribution in [2.75, 3.05) is 6.54 Å². The third-order valence-electron chi connectivity index (χ3n) is 3.07. The van der Waals surface area contributed by atoms with Crippen LogP contribution in [0.2, 0.25) is 0 Å². The maximum Gasteiger partial charge on any atom is 0.242 e. The van der Waals surface area contributed by atoms with E-state index in [1.54, 1.807) is 4.90 Å². The monoisotopic (exact) mass is 196 g/mol. The summed E-state index contributed by atoms with van der Waals surface area (Å²) in [4.78, 5) is 25.1. The number of carbonyl (C=O) groups excluding carboxylic acids is 2. The summed E-state index contributed by atoms with van der Waals surface area (Å²) in [5.41, 5.74) is 0. The molecule has 4 heteroatoms. The maximum absolute atomic E-state index is 11.9. The molecule has 0 aromatic rings. The molecule has 0 aromatic carbocycles. The van der Waals surface area contributed by atoms with Crippen LogP contribution in [0.1, 0.15) is 26.7 Å². The van der Waals surface area contributed by atoms with Crippen LogP contribution in [0, 0.1) is 5.92 Å². The quantitative estimate of drug-likeness (QED) is 0.648. The van der Waals surface area contributed by atoms with Gasteiger partial charge in [-0.3, -0.25) is 9.59 Å². The molecule has 0 aliphatic carbocycles. The molecule has 14 heavy (non-hydrogen) atoms. The van der Waals surface area contributed by atoms with E-state index in [-0.39, 0.29) is 29.8 Å². The molecule has 2 bridgehead atoms. The van der Waals surface area contributed by atoms with Gasteiger partial charge in [-0.15, -0.1) is 0 Å². The summed E-state index contributed by atoms with van der Waals surface area (Å²) in [6, 6.07) is 0.0521. The highest BCUT2D eigenvalue weighted by atomic mass is 16.2. The smallest absolute Gasteiger partial charge is 0.242 e. The molecule has 2 aliphatic heterocycles. The van der Waals surface area contributed by atoms with E-state index in [1.807, 2.05) is 13.8 Å². The van der Waals surface area contributed by atoms with Gasteiger partial charge in [0.1, 0.15) is 6.04 Å². The van der Waals surface area contributed by atoms with Crippen molar-refractivity contribution >= 4 is 11.8 Å². The highest BCUT2D eigenvalue weighted by Crippen LogP contribution is 2.28. The van der Waals surface area contributed by atoms with E-state index >= 15 is 0 Å². The van der Waals surface area contributed by atoms with Gasteiger partial charge in [-0.05, 0) is 12.8 Å². The van der Waals surface area contributed by atoms with Gasteiger partial charge in [-0.25, -0.2) is 0 Å². The highest BCUT2D eigenvalue weighted by Gasteiger charge is 2.44. The van der Waals surface area contributed by atoms with Gasteiger partial charge in [0.05, 0.1) is 0 Å². The van der Waals surface area contributed by atoms with Crippen molar-refractivity contribution < 1.29 is 9.59 Å². The Balaban J connectivity index is 2.19. The fraction of sp³-hybridized carbons (Fsp3) is 0.800. The average molecular weight is 196 g/mol. The largest absolute Gasteiger partial charge is 0.352 e. The first-order valence-electron chi connectivity index (χ1n) is 5.21. The zero-order valence-corrected chi connectivity index (χ0v) is 8.62. The summed E-state index contributed by atoms with van der Waals surface area (Å²) in [7, 11) is 0. The Kier molecular flexibility index (Phi) is 2.21. The highest BCUT2D eigenvalue weighted by molar-refractivity contribution is 5.90. The molecule has 2 aliphatic rings. The summed E-state index contributed by atoms with van der Waals surface area (Å²) in [6.07, 6.45) is 1.79. The van der Waals surface area contributed by atoms with Crippen LogP contribution in [0.15, 0.2) is 0 Å². The molecule has 1 N–H and O–H groups in total. The molecule has 2 amide bonds. The van der Waals surface area contributed by atoms with Crippen LogP contribution in [-0.2, 0) is 9.59 Å². The first-order chi connectivity index (χ1) is 6.61. The van der Waals surface area contributed by atoms with Crippen LogP contribution in [-0.4, -0.2) is 35.3 Å². The summed E-state index contributed by atoms with van der Waals surface area (Å²) >= 11 is 0. The lowest BCUT2D eigenvalue weighted by molar-refractivity contribution is -0.145. The lowest BCUT2D eigenvalue weighted by Crippen LogP contribution is -2.58. The fourth-order valence-electron chi connectivity index (χ4n) is 2.31. The first kappa shape index (κ1) is 9.49. The Morgan fingerprint density at radius 1 is 1.50 bits per heavy atom. The third kappa shape index (κ3) is 1.29. The summed E-state index contributed by atoms with van der Waals surface area (Å²) < 4.78 is 0. The fourth-order valence-corrected chi connectivity index (χ4v) is 2.31. The van der Waals surface area contributed by atoms with Crippen LogP contribution < -0.4 is 5.32 Å². The number of hydrogen-bond acceptors (Lipinski definition) is 2. The minimum absolute atomic E-state index is 0.0102. The van der Waals surface area contributed by atoms with Gasteiger partial charge in [-0.1, -0.05) is 13.8 Å². The lowest BCUT2D eigenvalue weighted by Gasteiger charge is -2.35. The Bertz CT molecular complexity index is 275. The van der Waals surface area contributed by atoms with Gasteiger partial charge in [-0.2, -0.15) is 0 Å². The van der Waals surface area contributed by atoms with Crippen molar-refractivity contribution in [2.24, 2.45) is 5.92 Å². The number of nitrogens with zero attached hydrogens (tertiary/aromatic N) is 1. The number of hydrogen-bond donors (Lipinski definition) is 1. The summed E-state index contributed by atoms with van der Waals surface area (Å²) in [5.74, 6) is 0.129. The lowest BCUT2D eigenvalue weighted by atomic mass is 10.1. The van der Waals surface area contributed by atoms with Crippen molar-refractivity contribution in [3.05, 3.63) is 0 Å². The molecule has 0 radical (unpaired) electrons. The Morgan fingerprint density at radius 3 is 2.86 bits per heavy atom. The predicted octanol–water partition coefficient (Wildman–Crippen LogP) is 0.132. The molecule has 2 saturated heterocycles. The van der Waals surface area contributed by atoms with Crippen molar-refractivity contribution in [3.8, 4) is 0 Å². The number of piperazine rings is 1. The molecule has 78 valence electrons. The standard InChI is InChI=1S/C10H16N2O2/c1-6(2)10(14)12-7-3-4-8(12)9(13)11-5-7/h6-8H,3-5H2,1-2H3,(H,11,13). The normalized spacial score (nSPS) is 30.8. The van der Waals surface area contributed by atoms with Crippen LogP contribution >= 0.6 is 0 Å². The molecule has 0 aromatic heterocycles. The first-order valence-corrected chi connectivity index (χ1v) is 5.21. The van der Waals surface area contributed by atoms with E-state index < -0.39 is 0 Å². The Hall–Kier alpha value is -1.06. The second-order valence-corrected chi connectivity index (χ2v) is 4.39. The van der Waals surface area contributed by atoms with Crippen molar-refractivity contribution in [1.82, 2.24) is 10.2 Å². The molecule has 2 fully saturated rings. The van der Waals surface area contributed by atoms with E-state index in [1.165, 1.54) is 0 Å². The zero-order valence-electron chi connectivity index (χ0n) is 8.62. The van der Waals surface area contributed by atoms with Crippen LogP contribution in [0.5, 0.6) is 0 Å². The zero-order chi connectivity index (χ0) is 10.3. The third-order valence-corrected chi connectivity index (χ3v) is 3.07. The van der Waals surface area contributed by atoms with E-state index in [4.69, 9.17) is 0 Å². The van der Waals surface area contributed by atoms with Gasteiger partial charge < -0.3 is 10.2 Å². The van der Waals surface area contributed by atoms with Gasteiger partial charge in [0, 0.05) is 18.5 Å². The molecular formula is C10H16N2O2.